The highest BCUT2D eigenvalue weighted by Crippen LogP contribution is 2.23. The average molecular weight is 451 g/mol. The Balaban J connectivity index is 0.00000233. The van der Waals surface area contributed by atoms with Gasteiger partial charge < -0.3 is 10.4 Å². The molecule has 2 aromatic carbocycles. The van der Waals surface area contributed by atoms with Gasteiger partial charge in [0.25, 0.3) is 5.91 Å². The maximum atomic E-state index is 13.4. The second kappa shape index (κ2) is 14.2. The van der Waals surface area contributed by atoms with E-state index in [1.165, 1.54) is 30.3 Å². The smallest absolute Gasteiger partial charge is 0.251 e. The third kappa shape index (κ3) is 9.19. The Kier molecular flexibility index (Phi) is 11.9. The molecule has 8 heteroatoms. The largest absolute Gasteiger partial charge is 0.508 e. The van der Waals surface area contributed by atoms with Crippen LogP contribution in [0.3, 0.4) is 0 Å². The van der Waals surface area contributed by atoms with Crippen molar-refractivity contribution in [1.29, 1.82) is 0 Å². The maximum Gasteiger partial charge on any atom is 0.251 e. The summed E-state index contributed by atoms with van der Waals surface area (Å²) in [6.07, 6.45) is 3.78. The molecule has 0 fully saturated rings. The van der Waals surface area contributed by atoms with Crippen molar-refractivity contribution in [1.82, 2.24) is 10.8 Å². The molecule has 0 aliphatic carbocycles. The minimum Gasteiger partial charge on any atom is -0.508 e. The highest BCUT2D eigenvalue weighted by molar-refractivity contribution is 6.31. The Labute approximate surface area is 186 Å². The van der Waals surface area contributed by atoms with Gasteiger partial charge in [0.15, 0.2) is 0 Å². The summed E-state index contributed by atoms with van der Waals surface area (Å²) in [5.41, 5.74) is 3.06. The van der Waals surface area contributed by atoms with Gasteiger partial charge in [0, 0.05) is 18.5 Å². The van der Waals surface area contributed by atoms with E-state index in [-0.39, 0.29) is 23.1 Å². The number of hydrogen-bond acceptors (Lipinski definition) is 4. The minimum atomic E-state index is -0.547. The summed E-state index contributed by atoms with van der Waals surface area (Å²) < 4.78 is 13.4. The van der Waals surface area contributed by atoms with Gasteiger partial charge in [0.1, 0.15) is 11.6 Å². The minimum absolute atomic E-state index is 0.0452. The van der Waals surface area contributed by atoms with Crippen LogP contribution in [-0.4, -0.2) is 28.7 Å². The lowest BCUT2D eigenvalue weighted by Crippen LogP contribution is -2.25. The number of rotatable bonds is 9. The van der Waals surface area contributed by atoms with E-state index in [9.17, 15) is 19.1 Å². The van der Waals surface area contributed by atoms with Crippen molar-refractivity contribution < 1.29 is 24.3 Å². The zero-order chi connectivity index (χ0) is 23.2. The van der Waals surface area contributed by atoms with Gasteiger partial charge in [-0.3, -0.25) is 14.8 Å². The number of carbonyl (C=O) groups is 2. The van der Waals surface area contributed by atoms with Crippen LogP contribution in [0.25, 0.3) is 11.6 Å². The van der Waals surface area contributed by atoms with Crippen LogP contribution >= 0.6 is 11.6 Å². The highest BCUT2D eigenvalue weighted by atomic mass is 35.5. The van der Waals surface area contributed by atoms with E-state index in [0.717, 1.165) is 0 Å². The van der Waals surface area contributed by atoms with Gasteiger partial charge in [0.2, 0.25) is 5.91 Å². The molecule has 0 atom stereocenters. The second-order valence-corrected chi connectivity index (χ2v) is 6.79. The van der Waals surface area contributed by atoms with Crippen LogP contribution in [0.2, 0.25) is 5.02 Å². The van der Waals surface area contributed by atoms with Crippen LogP contribution < -0.4 is 10.8 Å². The molecule has 0 aliphatic heterocycles. The fourth-order valence-electron chi connectivity index (χ4n) is 2.63. The number of unbranched alkanes of at least 4 members (excludes halogenated alkanes) is 2. The average Bonchev–Trinajstić information content (AvgIpc) is 2.78. The molecule has 0 aromatic heterocycles. The fourth-order valence-corrected chi connectivity index (χ4v) is 2.82. The molecular formula is C23H28ClFN2O4. The number of carbonyl (C=O) groups excluding carboxylic acids is 2. The standard InChI is InChI=1S/C21H22ClFN2O4.C2H6/c22-18-13-14(5-10-19(18)23)12-17(15-6-8-16(26)9-7-15)21(28)24-11-3-1-2-4-20(27)25-29;1-2/h5-10,12-13,26,29H,1-4,11H2,(H,24,28)(H,25,27);1-2H3/b17-12-;. The molecule has 0 radical (unpaired) electrons. The van der Waals surface area contributed by atoms with Crippen molar-refractivity contribution in [3.8, 4) is 5.75 Å². The van der Waals surface area contributed by atoms with Crippen LogP contribution in [0, 0.1) is 5.82 Å². The van der Waals surface area contributed by atoms with Crippen LogP contribution in [0.4, 0.5) is 4.39 Å². The van der Waals surface area contributed by atoms with E-state index < -0.39 is 11.7 Å². The first-order valence-corrected chi connectivity index (χ1v) is 10.5. The van der Waals surface area contributed by atoms with Crippen molar-refractivity contribution in [3.05, 3.63) is 64.4 Å². The number of benzene rings is 2. The molecule has 6 nitrogen and oxygen atoms in total. The van der Waals surface area contributed by atoms with Crippen molar-refractivity contribution in [2.75, 3.05) is 6.54 Å². The van der Waals surface area contributed by atoms with Crippen LogP contribution in [0.15, 0.2) is 42.5 Å². The number of phenolic OH excluding ortho intramolecular Hbond substituents is 1. The van der Waals surface area contributed by atoms with Gasteiger partial charge in [-0.25, -0.2) is 9.87 Å². The summed E-state index contributed by atoms with van der Waals surface area (Å²) in [6, 6.07) is 10.3. The van der Waals surface area contributed by atoms with Gasteiger partial charge in [-0.1, -0.05) is 50.1 Å². The van der Waals surface area contributed by atoms with E-state index in [2.05, 4.69) is 5.32 Å². The molecule has 0 unspecified atom stereocenters. The monoisotopic (exact) mass is 450 g/mol. The number of halogens is 2. The SMILES string of the molecule is CC.O=C(CCCCCNC(=O)/C(=C\c1ccc(F)c(Cl)c1)c1ccc(O)cc1)NO. The summed E-state index contributed by atoms with van der Waals surface area (Å²) in [4.78, 5) is 23.7. The van der Waals surface area contributed by atoms with E-state index in [0.29, 0.717) is 42.5 Å². The number of nitrogens with one attached hydrogen (secondary N) is 2. The molecule has 0 saturated carbocycles. The number of aromatic hydroxyl groups is 1. The third-order valence-electron chi connectivity index (χ3n) is 4.17. The van der Waals surface area contributed by atoms with E-state index >= 15 is 0 Å². The Morgan fingerprint density at radius 2 is 1.74 bits per heavy atom. The molecule has 2 rings (SSSR count). The first-order valence-electron chi connectivity index (χ1n) is 10.1. The zero-order valence-electron chi connectivity index (χ0n) is 17.6. The molecule has 0 aliphatic rings. The van der Waals surface area contributed by atoms with Crippen LogP contribution in [0.5, 0.6) is 5.75 Å². The topological polar surface area (TPSA) is 98.7 Å². The van der Waals surface area contributed by atoms with Gasteiger partial charge in [-0.05, 0) is 54.3 Å². The Morgan fingerprint density at radius 1 is 1.06 bits per heavy atom. The zero-order valence-corrected chi connectivity index (χ0v) is 18.4. The fraction of sp³-hybridized carbons (Fsp3) is 0.304. The summed E-state index contributed by atoms with van der Waals surface area (Å²) in [6.45, 7) is 4.40. The molecule has 2 amide bonds. The predicted octanol–water partition coefficient (Wildman–Crippen LogP) is 4.93. The van der Waals surface area contributed by atoms with E-state index in [4.69, 9.17) is 16.8 Å². The quantitative estimate of drug-likeness (QED) is 0.143. The first kappa shape index (κ1) is 26.1. The lowest BCUT2D eigenvalue weighted by Gasteiger charge is -2.10. The molecule has 31 heavy (non-hydrogen) atoms. The summed E-state index contributed by atoms with van der Waals surface area (Å²) >= 11 is 5.83. The van der Waals surface area contributed by atoms with Crippen molar-refractivity contribution in [3.63, 3.8) is 0 Å². The molecule has 168 valence electrons. The van der Waals surface area contributed by atoms with Crippen molar-refractivity contribution >= 4 is 35.1 Å². The van der Waals surface area contributed by atoms with Gasteiger partial charge in [-0.15, -0.1) is 0 Å². The maximum absolute atomic E-state index is 13.4. The third-order valence-corrected chi connectivity index (χ3v) is 4.46. The normalized spacial score (nSPS) is 10.7. The van der Waals surface area contributed by atoms with Crippen molar-refractivity contribution in [2.45, 2.75) is 39.5 Å². The van der Waals surface area contributed by atoms with Crippen LogP contribution in [0.1, 0.15) is 50.7 Å². The first-order chi connectivity index (χ1) is 14.9. The van der Waals surface area contributed by atoms with E-state index in [1.54, 1.807) is 23.7 Å². The molecule has 2 aromatic rings. The predicted molar refractivity (Wildman–Crippen MR) is 120 cm³/mol. The molecule has 0 spiro atoms. The summed E-state index contributed by atoms with van der Waals surface area (Å²) in [5.74, 6) is -1.24. The Morgan fingerprint density at radius 3 is 2.35 bits per heavy atom. The number of amides is 2. The van der Waals surface area contributed by atoms with Crippen LogP contribution in [-0.2, 0) is 9.59 Å². The van der Waals surface area contributed by atoms with Crippen molar-refractivity contribution in [2.24, 2.45) is 0 Å². The summed E-state index contributed by atoms with van der Waals surface area (Å²) in [5, 5.41) is 20.7. The van der Waals surface area contributed by atoms with Gasteiger partial charge in [0.05, 0.1) is 5.02 Å². The number of hydrogen-bond donors (Lipinski definition) is 4. The van der Waals surface area contributed by atoms with Gasteiger partial charge >= 0.3 is 0 Å². The lowest BCUT2D eigenvalue weighted by molar-refractivity contribution is -0.129. The Bertz CT molecular complexity index is 886. The summed E-state index contributed by atoms with van der Waals surface area (Å²) in [7, 11) is 0. The molecule has 0 bridgehead atoms. The number of phenols is 1. The molecule has 0 saturated heterocycles. The molecular weight excluding hydrogens is 423 g/mol. The lowest BCUT2D eigenvalue weighted by atomic mass is 10.0. The molecule has 4 N–H and O–H groups in total. The van der Waals surface area contributed by atoms with E-state index in [1.807, 2.05) is 13.8 Å². The molecule has 0 heterocycles. The number of hydroxylamine groups is 1. The highest BCUT2D eigenvalue weighted by Gasteiger charge is 2.13. The second-order valence-electron chi connectivity index (χ2n) is 6.38. The van der Waals surface area contributed by atoms with Gasteiger partial charge in [-0.2, -0.15) is 0 Å². The Hall–Kier alpha value is -2.90.